The predicted molar refractivity (Wildman–Crippen MR) is 50.3 cm³/mol. The SMILES string of the molecule is C[C@@H](N)CCC(=O)N1CCOCC1. The number of amides is 1. The van der Waals surface area contributed by atoms with E-state index in [1.165, 1.54) is 0 Å². The summed E-state index contributed by atoms with van der Waals surface area (Å²) < 4.78 is 5.16. The van der Waals surface area contributed by atoms with E-state index in [9.17, 15) is 4.79 Å². The molecule has 1 fully saturated rings. The maximum Gasteiger partial charge on any atom is 0.222 e. The summed E-state index contributed by atoms with van der Waals surface area (Å²) in [5, 5.41) is 0. The fourth-order valence-corrected chi connectivity index (χ4v) is 1.32. The topological polar surface area (TPSA) is 55.6 Å². The van der Waals surface area contributed by atoms with E-state index in [1.807, 2.05) is 11.8 Å². The van der Waals surface area contributed by atoms with Crippen molar-refractivity contribution in [3.63, 3.8) is 0 Å². The molecule has 1 saturated heterocycles. The fraction of sp³-hybridized carbons (Fsp3) is 0.889. The van der Waals surface area contributed by atoms with Gasteiger partial charge in [0.1, 0.15) is 0 Å². The number of carbonyl (C=O) groups excluding carboxylic acids is 1. The quantitative estimate of drug-likeness (QED) is 0.673. The molecule has 0 aromatic heterocycles. The molecule has 1 aliphatic heterocycles. The molecule has 1 atom stereocenters. The molecular formula is C9H18N2O2. The number of hydrogen-bond acceptors (Lipinski definition) is 3. The van der Waals surface area contributed by atoms with Gasteiger partial charge in [-0.3, -0.25) is 4.79 Å². The molecule has 4 nitrogen and oxygen atoms in total. The van der Waals surface area contributed by atoms with Crippen LogP contribution in [-0.4, -0.2) is 43.2 Å². The molecule has 4 heteroatoms. The summed E-state index contributed by atoms with van der Waals surface area (Å²) in [6.45, 7) is 4.73. The van der Waals surface area contributed by atoms with Crippen LogP contribution in [0.1, 0.15) is 19.8 Å². The zero-order chi connectivity index (χ0) is 9.68. The number of hydrogen-bond donors (Lipinski definition) is 1. The Morgan fingerprint density at radius 3 is 2.69 bits per heavy atom. The third-order valence-corrected chi connectivity index (χ3v) is 2.18. The molecular weight excluding hydrogens is 168 g/mol. The summed E-state index contributed by atoms with van der Waals surface area (Å²) >= 11 is 0. The van der Waals surface area contributed by atoms with Crippen LogP contribution in [-0.2, 0) is 9.53 Å². The van der Waals surface area contributed by atoms with Crippen molar-refractivity contribution in [2.24, 2.45) is 5.73 Å². The molecule has 1 heterocycles. The summed E-state index contributed by atoms with van der Waals surface area (Å²) in [7, 11) is 0. The van der Waals surface area contributed by atoms with Gasteiger partial charge in [-0.05, 0) is 13.3 Å². The van der Waals surface area contributed by atoms with Gasteiger partial charge in [-0.15, -0.1) is 0 Å². The zero-order valence-corrected chi connectivity index (χ0v) is 8.16. The molecule has 13 heavy (non-hydrogen) atoms. The van der Waals surface area contributed by atoms with Gasteiger partial charge in [-0.25, -0.2) is 0 Å². The van der Waals surface area contributed by atoms with E-state index >= 15 is 0 Å². The van der Waals surface area contributed by atoms with Crippen LogP contribution in [0.3, 0.4) is 0 Å². The average molecular weight is 186 g/mol. The van der Waals surface area contributed by atoms with Crippen molar-refractivity contribution < 1.29 is 9.53 Å². The van der Waals surface area contributed by atoms with Crippen molar-refractivity contribution in [1.82, 2.24) is 4.90 Å². The highest BCUT2D eigenvalue weighted by atomic mass is 16.5. The second-order valence-corrected chi connectivity index (χ2v) is 3.51. The van der Waals surface area contributed by atoms with E-state index in [0.29, 0.717) is 19.6 Å². The first-order valence-corrected chi connectivity index (χ1v) is 4.81. The Morgan fingerprint density at radius 2 is 2.15 bits per heavy atom. The van der Waals surface area contributed by atoms with Crippen molar-refractivity contribution in [2.75, 3.05) is 26.3 Å². The van der Waals surface area contributed by atoms with Crippen LogP contribution in [0, 0.1) is 0 Å². The second-order valence-electron chi connectivity index (χ2n) is 3.51. The Balaban J connectivity index is 2.21. The summed E-state index contributed by atoms with van der Waals surface area (Å²) in [5.41, 5.74) is 5.57. The second kappa shape index (κ2) is 5.19. The standard InChI is InChI=1S/C9H18N2O2/c1-8(10)2-3-9(12)11-4-6-13-7-5-11/h8H,2-7,10H2,1H3/t8-/m1/s1. The van der Waals surface area contributed by atoms with Crippen LogP contribution >= 0.6 is 0 Å². The molecule has 0 aromatic rings. The maximum atomic E-state index is 11.5. The molecule has 1 amide bonds. The van der Waals surface area contributed by atoms with E-state index in [1.54, 1.807) is 0 Å². The average Bonchev–Trinajstić information content (AvgIpc) is 2.15. The normalized spacial score (nSPS) is 20.0. The van der Waals surface area contributed by atoms with Crippen molar-refractivity contribution in [3.8, 4) is 0 Å². The van der Waals surface area contributed by atoms with Crippen LogP contribution in [0.4, 0.5) is 0 Å². The molecule has 0 aliphatic carbocycles. The summed E-state index contributed by atoms with van der Waals surface area (Å²) in [6, 6.07) is 0.116. The first-order chi connectivity index (χ1) is 6.20. The molecule has 0 radical (unpaired) electrons. The molecule has 0 bridgehead atoms. The summed E-state index contributed by atoms with van der Waals surface area (Å²) in [5.74, 6) is 0.209. The largest absolute Gasteiger partial charge is 0.378 e. The van der Waals surface area contributed by atoms with Crippen molar-refractivity contribution in [3.05, 3.63) is 0 Å². The highest BCUT2D eigenvalue weighted by Crippen LogP contribution is 2.03. The van der Waals surface area contributed by atoms with Crippen LogP contribution in [0.15, 0.2) is 0 Å². The van der Waals surface area contributed by atoms with Crippen LogP contribution in [0.2, 0.25) is 0 Å². The Bertz CT molecular complexity index is 165. The van der Waals surface area contributed by atoms with E-state index in [0.717, 1.165) is 19.5 Å². The number of carbonyl (C=O) groups is 1. The predicted octanol–water partition coefficient (Wildman–Crippen LogP) is -0.0274. The smallest absolute Gasteiger partial charge is 0.222 e. The van der Waals surface area contributed by atoms with E-state index < -0.39 is 0 Å². The Hall–Kier alpha value is -0.610. The van der Waals surface area contributed by atoms with Gasteiger partial charge >= 0.3 is 0 Å². The van der Waals surface area contributed by atoms with E-state index in [2.05, 4.69) is 0 Å². The van der Waals surface area contributed by atoms with Gasteiger partial charge in [0, 0.05) is 25.6 Å². The van der Waals surface area contributed by atoms with E-state index in [-0.39, 0.29) is 11.9 Å². The third kappa shape index (κ3) is 3.74. The minimum Gasteiger partial charge on any atom is -0.378 e. The molecule has 2 N–H and O–H groups in total. The fourth-order valence-electron chi connectivity index (χ4n) is 1.32. The molecule has 1 rings (SSSR count). The highest BCUT2D eigenvalue weighted by Gasteiger charge is 2.16. The maximum absolute atomic E-state index is 11.5. The number of ether oxygens (including phenoxy) is 1. The molecule has 1 aliphatic rings. The van der Waals surface area contributed by atoms with E-state index in [4.69, 9.17) is 10.5 Å². The van der Waals surface area contributed by atoms with Crippen molar-refractivity contribution in [1.29, 1.82) is 0 Å². The number of nitrogens with zero attached hydrogens (tertiary/aromatic N) is 1. The summed E-state index contributed by atoms with van der Waals surface area (Å²) in [6.07, 6.45) is 1.34. The van der Waals surface area contributed by atoms with Crippen molar-refractivity contribution >= 4 is 5.91 Å². The van der Waals surface area contributed by atoms with Gasteiger partial charge in [0.05, 0.1) is 13.2 Å². The van der Waals surface area contributed by atoms with Crippen LogP contribution < -0.4 is 5.73 Å². The first kappa shape index (κ1) is 10.5. The lowest BCUT2D eigenvalue weighted by Crippen LogP contribution is -2.41. The summed E-state index contributed by atoms with van der Waals surface area (Å²) in [4.78, 5) is 13.4. The van der Waals surface area contributed by atoms with Crippen LogP contribution in [0.5, 0.6) is 0 Å². The first-order valence-electron chi connectivity index (χ1n) is 4.81. The minimum atomic E-state index is 0.116. The lowest BCUT2D eigenvalue weighted by molar-refractivity contribution is -0.135. The number of morpholine rings is 1. The highest BCUT2D eigenvalue weighted by molar-refractivity contribution is 5.76. The molecule has 76 valence electrons. The van der Waals surface area contributed by atoms with Gasteiger partial charge in [0.15, 0.2) is 0 Å². The lowest BCUT2D eigenvalue weighted by atomic mass is 10.2. The minimum absolute atomic E-state index is 0.116. The van der Waals surface area contributed by atoms with Gasteiger partial charge < -0.3 is 15.4 Å². The zero-order valence-electron chi connectivity index (χ0n) is 8.16. The Kier molecular flexibility index (Phi) is 4.18. The van der Waals surface area contributed by atoms with Gasteiger partial charge in [0.25, 0.3) is 0 Å². The molecule has 0 saturated carbocycles. The third-order valence-electron chi connectivity index (χ3n) is 2.18. The molecule has 0 spiro atoms. The molecule has 0 aromatic carbocycles. The number of nitrogens with two attached hydrogens (primary N) is 1. The van der Waals surface area contributed by atoms with Gasteiger partial charge in [-0.2, -0.15) is 0 Å². The van der Waals surface area contributed by atoms with Gasteiger partial charge in [0.2, 0.25) is 5.91 Å². The van der Waals surface area contributed by atoms with Crippen LogP contribution in [0.25, 0.3) is 0 Å². The lowest BCUT2D eigenvalue weighted by Gasteiger charge is -2.27. The Morgan fingerprint density at radius 1 is 1.54 bits per heavy atom. The molecule has 0 unspecified atom stereocenters. The Labute approximate surface area is 79.0 Å². The monoisotopic (exact) mass is 186 g/mol. The van der Waals surface area contributed by atoms with Gasteiger partial charge in [-0.1, -0.05) is 0 Å². The number of rotatable bonds is 3. The van der Waals surface area contributed by atoms with Crippen molar-refractivity contribution in [2.45, 2.75) is 25.8 Å².